The topological polar surface area (TPSA) is 62.3 Å². The summed E-state index contributed by atoms with van der Waals surface area (Å²) in [5, 5.41) is 9.92. The fourth-order valence-corrected chi connectivity index (χ4v) is 4.74. The monoisotopic (exact) mass is 467 g/mol. The highest BCUT2D eigenvalue weighted by Gasteiger charge is 2.38. The molecule has 0 radical (unpaired) electrons. The van der Waals surface area contributed by atoms with Crippen LogP contribution >= 0.6 is 0 Å². The molecule has 2 heterocycles. The predicted molar refractivity (Wildman–Crippen MR) is 130 cm³/mol. The molecule has 0 spiro atoms. The average molecular weight is 468 g/mol. The molecule has 0 aliphatic carbocycles. The number of allylic oxidation sites excluding steroid dienone is 1. The Balaban J connectivity index is 1.66. The Morgan fingerprint density at radius 1 is 0.943 bits per heavy atom. The molecule has 0 fully saturated rings. The maximum Gasteiger partial charge on any atom is 0.205 e. The van der Waals surface area contributed by atoms with E-state index in [4.69, 9.17) is 10.5 Å². The first-order valence-corrected chi connectivity index (χ1v) is 11.3. The molecule has 35 heavy (non-hydrogen) atoms. The van der Waals surface area contributed by atoms with Crippen molar-refractivity contribution in [3.63, 3.8) is 0 Å². The lowest BCUT2D eigenvalue weighted by atomic mass is 9.80. The quantitative estimate of drug-likeness (QED) is 0.541. The van der Waals surface area contributed by atoms with Gasteiger partial charge in [0.05, 0.1) is 5.92 Å². The second-order valence-electron chi connectivity index (χ2n) is 8.62. The number of nitrogens with two attached hydrogens (primary N) is 1. The van der Waals surface area contributed by atoms with Crippen LogP contribution in [0.2, 0.25) is 0 Å². The lowest BCUT2D eigenvalue weighted by Crippen LogP contribution is -2.38. The lowest BCUT2D eigenvalue weighted by Gasteiger charge is -2.38. The summed E-state index contributed by atoms with van der Waals surface area (Å²) >= 11 is 0. The van der Waals surface area contributed by atoms with Gasteiger partial charge in [-0.3, -0.25) is 4.90 Å². The van der Waals surface area contributed by atoms with Gasteiger partial charge in [0.2, 0.25) is 5.88 Å². The Kier molecular flexibility index (Phi) is 6.17. The van der Waals surface area contributed by atoms with Crippen LogP contribution < -0.4 is 5.73 Å². The molecular formula is C29H23F2N3O. The molecule has 174 valence electrons. The number of ether oxygens (including phenoxy) is 1. The largest absolute Gasteiger partial charge is 0.440 e. The van der Waals surface area contributed by atoms with E-state index in [1.807, 2.05) is 30.3 Å². The van der Waals surface area contributed by atoms with Gasteiger partial charge in [0.25, 0.3) is 0 Å². The molecule has 4 nitrogen and oxygen atoms in total. The molecule has 5 rings (SSSR count). The van der Waals surface area contributed by atoms with Crippen LogP contribution in [0, 0.1) is 23.0 Å². The lowest BCUT2D eigenvalue weighted by molar-refractivity contribution is 0.229. The van der Waals surface area contributed by atoms with Crippen molar-refractivity contribution in [3.05, 3.63) is 136 Å². The molecule has 2 aliphatic rings. The Morgan fingerprint density at radius 3 is 2.34 bits per heavy atom. The Morgan fingerprint density at radius 2 is 1.63 bits per heavy atom. The highest BCUT2D eigenvalue weighted by atomic mass is 19.1. The average Bonchev–Trinajstić information content (AvgIpc) is 2.86. The van der Waals surface area contributed by atoms with Gasteiger partial charge in [0, 0.05) is 36.3 Å². The standard InChI is InChI=1S/C29H23F2N3O/c30-25-12-6-4-10-20(25)14-21-17-34(16-19-8-2-1-3-9-19)18-24-27(22-11-5-7-13-26(22)31)23(15-32)29(33)35-28(21)24/h1-14,27H,16-18,33H2/b21-14+/t27-/m0/s1. The van der Waals surface area contributed by atoms with E-state index in [0.717, 1.165) is 11.1 Å². The van der Waals surface area contributed by atoms with Crippen LogP contribution in [0.5, 0.6) is 0 Å². The second kappa shape index (κ2) is 9.57. The number of nitrogens with zero attached hydrogens (tertiary/aromatic N) is 2. The Hall–Kier alpha value is -4.21. The van der Waals surface area contributed by atoms with E-state index in [0.29, 0.717) is 42.1 Å². The minimum atomic E-state index is -0.701. The number of hydrogen-bond acceptors (Lipinski definition) is 4. The summed E-state index contributed by atoms with van der Waals surface area (Å²) in [5.41, 5.74) is 9.67. The minimum absolute atomic E-state index is 0.0598. The van der Waals surface area contributed by atoms with Crippen molar-refractivity contribution < 1.29 is 13.5 Å². The van der Waals surface area contributed by atoms with E-state index in [1.54, 1.807) is 42.5 Å². The van der Waals surface area contributed by atoms with Gasteiger partial charge in [-0.1, -0.05) is 66.7 Å². The first kappa shape index (κ1) is 22.6. The summed E-state index contributed by atoms with van der Waals surface area (Å²) in [6.07, 6.45) is 1.74. The maximum absolute atomic E-state index is 15.0. The minimum Gasteiger partial charge on any atom is -0.440 e. The maximum atomic E-state index is 15.0. The summed E-state index contributed by atoms with van der Waals surface area (Å²) in [5.74, 6) is -1.07. The van der Waals surface area contributed by atoms with Gasteiger partial charge in [-0.05, 0) is 29.3 Å². The third-order valence-electron chi connectivity index (χ3n) is 6.31. The van der Waals surface area contributed by atoms with Crippen LogP contribution in [-0.2, 0) is 11.3 Å². The van der Waals surface area contributed by atoms with Crippen molar-refractivity contribution >= 4 is 6.08 Å². The Bertz CT molecular complexity index is 1400. The van der Waals surface area contributed by atoms with Gasteiger partial charge in [-0.25, -0.2) is 8.78 Å². The van der Waals surface area contributed by atoms with E-state index in [9.17, 15) is 14.0 Å². The van der Waals surface area contributed by atoms with E-state index in [1.165, 1.54) is 12.1 Å². The molecule has 3 aromatic carbocycles. The third kappa shape index (κ3) is 4.46. The highest BCUT2D eigenvalue weighted by molar-refractivity contribution is 5.63. The molecule has 0 saturated carbocycles. The van der Waals surface area contributed by atoms with Gasteiger partial charge in [-0.2, -0.15) is 5.26 Å². The van der Waals surface area contributed by atoms with Crippen molar-refractivity contribution in [2.45, 2.75) is 12.5 Å². The molecule has 0 amide bonds. The van der Waals surface area contributed by atoms with Gasteiger partial charge in [-0.15, -0.1) is 0 Å². The van der Waals surface area contributed by atoms with Crippen molar-refractivity contribution in [1.82, 2.24) is 4.90 Å². The molecular weight excluding hydrogens is 444 g/mol. The van der Waals surface area contributed by atoms with Crippen LogP contribution in [0.4, 0.5) is 8.78 Å². The molecule has 3 aromatic rings. The van der Waals surface area contributed by atoms with E-state index < -0.39 is 11.7 Å². The second-order valence-corrected chi connectivity index (χ2v) is 8.62. The molecule has 2 aliphatic heterocycles. The van der Waals surface area contributed by atoms with Crippen LogP contribution in [0.15, 0.2) is 107 Å². The number of halogens is 2. The summed E-state index contributed by atoms with van der Waals surface area (Å²) in [6, 6.07) is 25.0. The summed E-state index contributed by atoms with van der Waals surface area (Å²) < 4.78 is 35.5. The van der Waals surface area contributed by atoms with Crippen LogP contribution in [0.3, 0.4) is 0 Å². The van der Waals surface area contributed by atoms with Gasteiger partial charge >= 0.3 is 0 Å². The fourth-order valence-electron chi connectivity index (χ4n) is 4.74. The zero-order valence-corrected chi connectivity index (χ0v) is 18.9. The number of hydrogen-bond donors (Lipinski definition) is 1. The molecule has 1 atom stereocenters. The molecule has 0 aromatic heterocycles. The number of nitriles is 1. The van der Waals surface area contributed by atoms with Gasteiger partial charge < -0.3 is 10.5 Å². The molecule has 2 N–H and O–H groups in total. The van der Waals surface area contributed by atoms with E-state index >= 15 is 0 Å². The molecule has 0 unspecified atom stereocenters. The van der Waals surface area contributed by atoms with Crippen molar-refractivity contribution in [3.8, 4) is 6.07 Å². The van der Waals surface area contributed by atoms with Crippen LogP contribution in [0.25, 0.3) is 6.08 Å². The van der Waals surface area contributed by atoms with E-state index in [2.05, 4.69) is 11.0 Å². The number of rotatable bonds is 4. The van der Waals surface area contributed by atoms with Crippen molar-refractivity contribution in [1.29, 1.82) is 5.26 Å². The zero-order chi connectivity index (χ0) is 24.4. The Labute approximate surface area is 202 Å². The normalized spacial score (nSPS) is 19.3. The first-order valence-electron chi connectivity index (χ1n) is 11.3. The van der Waals surface area contributed by atoms with Crippen molar-refractivity contribution in [2.75, 3.05) is 13.1 Å². The summed E-state index contributed by atoms with van der Waals surface area (Å²) in [4.78, 5) is 2.18. The molecule has 6 heteroatoms. The summed E-state index contributed by atoms with van der Waals surface area (Å²) in [7, 11) is 0. The predicted octanol–water partition coefficient (Wildman–Crippen LogP) is 5.63. The molecule has 0 saturated heterocycles. The van der Waals surface area contributed by atoms with Crippen molar-refractivity contribution in [2.24, 2.45) is 5.73 Å². The van der Waals surface area contributed by atoms with Gasteiger partial charge in [0.15, 0.2) is 0 Å². The molecule has 0 bridgehead atoms. The fraction of sp³-hybridized carbons (Fsp3) is 0.138. The SMILES string of the molecule is N#CC1=C(N)OC2=C(CN(Cc3ccccc3)C/C2=C\c2ccccc2F)[C@H]1c1ccccc1F. The van der Waals surface area contributed by atoms with Gasteiger partial charge in [0.1, 0.15) is 29.0 Å². The van der Waals surface area contributed by atoms with Crippen LogP contribution in [0.1, 0.15) is 22.6 Å². The highest BCUT2D eigenvalue weighted by Crippen LogP contribution is 2.44. The number of benzene rings is 3. The third-order valence-corrected chi connectivity index (χ3v) is 6.31. The summed E-state index contributed by atoms with van der Waals surface area (Å²) in [6.45, 7) is 1.54. The zero-order valence-electron chi connectivity index (χ0n) is 18.9. The first-order chi connectivity index (χ1) is 17.0. The van der Waals surface area contributed by atoms with E-state index in [-0.39, 0.29) is 17.3 Å². The smallest absolute Gasteiger partial charge is 0.205 e. The van der Waals surface area contributed by atoms with Crippen LogP contribution in [-0.4, -0.2) is 18.0 Å².